The quantitative estimate of drug-likeness (QED) is 0.939. The molecule has 0 spiro atoms. The van der Waals surface area contributed by atoms with Crippen LogP contribution < -0.4 is 4.90 Å². The lowest BCUT2D eigenvalue weighted by Gasteiger charge is -2.28. The summed E-state index contributed by atoms with van der Waals surface area (Å²) < 4.78 is 13.3. The lowest BCUT2D eigenvalue weighted by Crippen LogP contribution is -2.31. The average molecular weight is 302 g/mol. The fraction of sp³-hybridized carbons (Fsp3) is 0.375. The molecule has 6 heteroatoms. The average Bonchev–Trinajstić information content (AvgIpc) is 2.50. The van der Waals surface area contributed by atoms with Crippen LogP contribution in [0.5, 0.6) is 5.75 Å². The summed E-state index contributed by atoms with van der Waals surface area (Å²) in [6.07, 6.45) is 2.68. The van der Waals surface area contributed by atoms with Crippen molar-refractivity contribution in [2.24, 2.45) is 0 Å². The van der Waals surface area contributed by atoms with Crippen LogP contribution in [0, 0.1) is 5.82 Å². The van der Waals surface area contributed by atoms with Crippen LogP contribution in [0.2, 0.25) is 0 Å². The molecular formula is C16H19FN4O. The molecule has 0 saturated carbocycles. The molecule has 0 radical (unpaired) electrons. The zero-order chi connectivity index (χ0) is 15.7. The molecule has 1 N–H and O–H groups in total. The number of phenolic OH excluding ortho intramolecular Hbond substituents is 1. The second-order valence-corrected chi connectivity index (χ2v) is 5.77. The van der Waals surface area contributed by atoms with Gasteiger partial charge < -0.3 is 10.0 Å². The second-order valence-electron chi connectivity index (χ2n) is 5.77. The van der Waals surface area contributed by atoms with Gasteiger partial charge in [-0.1, -0.05) is 0 Å². The van der Waals surface area contributed by atoms with Crippen molar-refractivity contribution in [2.75, 3.05) is 25.5 Å². The van der Waals surface area contributed by atoms with Gasteiger partial charge in [-0.15, -0.1) is 0 Å². The highest BCUT2D eigenvalue weighted by molar-refractivity contribution is 5.34. The zero-order valence-corrected chi connectivity index (χ0v) is 12.8. The first-order valence-corrected chi connectivity index (χ1v) is 7.25. The topological polar surface area (TPSA) is 52.5 Å². The Morgan fingerprint density at radius 1 is 1.36 bits per heavy atom. The lowest BCUT2D eigenvalue weighted by atomic mass is 10.1. The highest BCUT2D eigenvalue weighted by Gasteiger charge is 2.20. The van der Waals surface area contributed by atoms with Gasteiger partial charge in [0.1, 0.15) is 11.6 Å². The fourth-order valence-electron chi connectivity index (χ4n) is 2.64. The van der Waals surface area contributed by atoms with Gasteiger partial charge >= 0.3 is 0 Å². The van der Waals surface area contributed by atoms with Gasteiger partial charge in [0, 0.05) is 57.5 Å². The Morgan fingerprint density at radius 3 is 2.95 bits per heavy atom. The Kier molecular flexibility index (Phi) is 3.94. The SMILES string of the molecule is CN(C)c1ncc2c(n1)CCN(Cc1cc(F)ccc1O)C2. The van der Waals surface area contributed by atoms with Crippen molar-refractivity contribution in [1.29, 1.82) is 0 Å². The number of hydrogen-bond acceptors (Lipinski definition) is 5. The molecule has 116 valence electrons. The predicted molar refractivity (Wildman–Crippen MR) is 82.2 cm³/mol. The Hall–Kier alpha value is -2.21. The number of benzene rings is 1. The number of hydrogen-bond donors (Lipinski definition) is 1. The Bertz CT molecular complexity index is 690. The van der Waals surface area contributed by atoms with E-state index in [1.807, 2.05) is 25.2 Å². The van der Waals surface area contributed by atoms with Crippen molar-refractivity contribution >= 4 is 5.95 Å². The molecule has 0 saturated heterocycles. The van der Waals surface area contributed by atoms with Gasteiger partial charge in [-0.2, -0.15) is 0 Å². The number of anilines is 1. The molecule has 0 aliphatic carbocycles. The molecule has 1 aromatic carbocycles. The summed E-state index contributed by atoms with van der Waals surface area (Å²) in [5.41, 5.74) is 2.76. The fourth-order valence-corrected chi connectivity index (χ4v) is 2.64. The van der Waals surface area contributed by atoms with Crippen molar-refractivity contribution in [3.05, 3.63) is 47.0 Å². The molecule has 0 bridgehead atoms. The molecule has 5 nitrogen and oxygen atoms in total. The molecular weight excluding hydrogens is 283 g/mol. The maximum Gasteiger partial charge on any atom is 0.225 e. The van der Waals surface area contributed by atoms with E-state index in [-0.39, 0.29) is 11.6 Å². The summed E-state index contributed by atoms with van der Waals surface area (Å²) in [5, 5.41) is 9.83. The normalized spacial score (nSPS) is 14.7. The van der Waals surface area contributed by atoms with E-state index in [2.05, 4.69) is 14.9 Å². The van der Waals surface area contributed by atoms with E-state index in [1.165, 1.54) is 18.2 Å². The third-order valence-corrected chi connectivity index (χ3v) is 3.84. The molecule has 0 amide bonds. The van der Waals surface area contributed by atoms with Gasteiger partial charge in [-0.25, -0.2) is 14.4 Å². The van der Waals surface area contributed by atoms with Crippen LogP contribution in [0.4, 0.5) is 10.3 Å². The van der Waals surface area contributed by atoms with Crippen LogP contribution >= 0.6 is 0 Å². The van der Waals surface area contributed by atoms with Crippen LogP contribution in [-0.4, -0.2) is 40.6 Å². The minimum absolute atomic E-state index is 0.131. The number of aromatic hydroxyl groups is 1. The van der Waals surface area contributed by atoms with Crippen LogP contribution in [-0.2, 0) is 19.5 Å². The molecule has 1 aliphatic heterocycles. The third-order valence-electron chi connectivity index (χ3n) is 3.84. The number of phenols is 1. The molecule has 22 heavy (non-hydrogen) atoms. The van der Waals surface area contributed by atoms with Crippen LogP contribution in [0.15, 0.2) is 24.4 Å². The van der Waals surface area contributed by atoms with Crippen LogP contribution in [0.1, 0.15) is 16.8 Å². The van der Waals surface area contributed by atoms with E-state index in [4.69, 9.17) is 0 Å². The molecule has 1 aliphatic rings. The van der Waals surface area contributed by atoms with E-state index >= 15 is 0 Å². The lowest BCUT2D eigenvalue weighted by molar-refractivity contribution is 0.239. The molecule has 1 aromatic heterocycles. The molecule has 2 heterocycles. The smallest absolute Gasteiger partial charge is 0.225 e. The second kappa shape index (κ2) is 5.88. The molecule has 0 fully saturated rings. The largest absolute Gasteiger partial charge is 0.508 e. The van der Waals surface area contributed by atoms with E-state index in [1.54, 1.807) is 0 Å². The molecule has 2 aromatic rings. The standard InChI is InChI=1S/C16H19FN4O/c1-20(2)16-18-8-12-10-21(6-5-14(12)19-16)9-11-7-13(17)3-4-15(11)22/h3-4,7-8,22H,5-6,9-10H2,1-2H3. The summed E-state index contributed by atoms with van der Waals surface area (Å²) in [4.78, 5) is 13.0. The summed E-state index contributed by atoms with van der Waals surface area (Å²) in [7, 11) is 3.84. The first kappa shape index (κ1) is 14.7. The first-order chi connectivity index (χ1) is 10.5. The molecule has 0 unspecified atom stereocenters. The summed E-state index contributed by atoms with van der Waals surface area (Å²) in [6, 6.07) is 4.05. The maximum absolute atomic E-state index is 13.3. The third kappa shape index (κ3) is 3.01. The number of nitrogens with zero attached hydrogens (tertiary/aromatic N) is 4. The van der Waals surface area contributed by atoms with E-state index in [9.17, 15) is 9.50 Å². The van der Waals surface area contributed by atoms with E-state index < -0.39 is 0 Å². The van der Waals surface area contributed by atoms with E-state index in [0.29, 0.717) is 18.7 Å². The van der Waals surface area contributed by atoms with Gasteiger partial charge in [0.05, 0.1) is 5.69 Å². The van der Waals surface area contributed by atoms with Gasteiger partial charge in [-0.05, 0) is 18.2 Å². The summed E-state index contributed by atoms with van der Waals surface area (Å²) in [6.45, 7) is 2.05. The van der Waals surface area contributed by atoms with E-state index in [0.717, 1.165) is 30.2 Å². The number of rotatable bonds is 3. The minimum atomic E-state index is -0.329. The summed E-state index contributed by atoms with van der Waals surface area (Å²) >= 11 is 0. The number of fused-ring (bicyclic) bond motifs is 1. The van der Waals surface area contributed by atoms with Crippen molar-refractivity contribution < 1.29 is 9.50 Å². The molecule has 0 atom stereocenters. The monoisotopic (exact) mass is 302 g/mol. The van der Waals surface area contributed by atoms with Crippen molar-refractivity contribution in [1.82, 2.24) is 14.9 Å². The zero-order valence-electron chi connectivity index (χ0n) is 12.8. The van der Waals surface area contributed by atoms with Gasteiger partial charge in [0.15, 0.2) is 0 Å². The van der Waals surface area contributed by atoms with Crippen LogP contribution in [0.3, 0.4) is 0 Å². The minimum Gasteiger partial charge on any atom is -0.508 e. The summed E-state index contributed by atoms with van der Waals surface area (Å²) in [5.74, 6) is 0.519. The predicted octanol–water partition coefficient (Wildman–Crippen LogP) is 1.95. The van der Waals surface area contributed by atoms with Crippen molar-refractivity contribution in [2.45, 2.75) is 19.5 Å². The van der Waals surface area contributed by atoms with Crippen molar-refractivity contribution in [3.63, 3.8) is 0 Å². The number of halogens is 1. The highest BCUT2D eigenvalue weighted by atomic mass is 19.1. The maximum atomic E-state index is 13.3. The van der Waals surface area contributed by atoms with Crippen molar-refractivity contribution in [3.8, 4) is 5.75 Å². The van der Waals surface area contributed by atoms with Gasteiger partial charge in [-0.3, -0.25) is 4.90 Å². The Balaban J connectivity index is 1.76. The first-order valence-electron chi connectivity index (χ1n) is 7.25. The Morgan fingerprint density at radius 2 is 2.18 bits per heavy atom. The van der Waals surface area contributed by atoms with Gasteiger partial charge in [0.2, 0.25) is 5.95 Å². The number of aromatic nitrogens is 2. The Labute approximate surface area is 129 Å². The molecule has 3 rings (SSSR count). The van der Waals surface area contributed by atoms with Crippen LogP contribution in [0.25, 0.3) is 0 Å². The highest BCUT2D eigenvalue weighted by Crippen LogP contribution is 2.24. The van der Waals surface area contributed by atoms with Gasteiger partial charge in [0.25, 0.3) is 0 Å².